The third-order valence-electron chi connectivity index (χ3n) is 2.16. The summed E-state index contributed by atoms with van der Waals surface area (Å²) in [6.07, 6.45) is 1.89. The SMILES string of the molecule is CCCN(CCC)C(=O)c1cc(Cl)sc1Cl. The molecule has 0 bridgehead atoms. The fourth-order valence-corrected chi connectivity index (χ4v) is 2.96. The van der Waals surface area contributed by atoms with Gasteiger partial charge in [-0.15, -0.1) is 11.3 Å². The quantitative estimate of drug-likeness (QED) is 0.786. The van der Waals surface area contributed by atoms with Gasteiger partial charge in [0.05, 0.1) is 9.90 Å². The van der Waals surface area contributed by atoms with Crippen LogP contribution in [0.25, 0.3) is 0 Å². The third kappa shape index (κ3) is 3.37. The molecule has 0 fully saturated rings. The van der Waals surface area contributed by atoms with Crippen LogP contribution in [-0.4, -0.2) is 23.9 Å². The predicted octanol–water partition coefficient (Wildman–Crippen LogP) is 4.32. The summed E-state index contributed by atoms with van der Waals surface area (Å²) in [7, 11) is 0. The first-order valence-electron chi connectivity index (χ1n) is 5.34. The van der Waals surface area contributed by atoms with Gasteiger partial charge in [-0.05, 0) is 18.9 Å². The highest BCUT2D eigenvalue weighted by molar-refractivity contribution is 7.20. The Morgan fingerprint density at radius 3 is 2.25 bits per heavy atom. The standard InChI is InChI=1S/C11H15Cl2NOS/c1-3-5-14(6-4-2)11(15)8-7-9(12)16-10(8)13/h7H,3-6H2,1-2H3. The minimum atomic E-state index is -0.0168. The van der Waals surface area contributed by atoms with Crippen molar-refractivity contribution in [1.29, 1.82) is 0 Å². The van der Waals surface area contributed by atoms with Crippen molar-refractivity contribution in [2.75, 3.05) is 13.1 Å². The smallest absolute Gasteiger partial charge is 0.256 e. The second-order valence-corrected chi connectivity index (χ2v) is 5.82. The Morgan fingerprint density at radius 2 is 1.88 bits per heavy atom. The Labute approximate surface area is 110 Å². The third-order valence-corrected chi connectivity index (χ3v) is 3.65. The Balaban J connectivity index is 2.85. The molecule has 90 valence electrons. The molecule has 1 aromatic rings. The monoisotopic (exact) mass is 279 g/mol. The van der Waals surface area contributed by atoms with Gasteiger partial charge < -0.3 is 4.90 Å². The van der Waals surface area contributed by atoms with Gasteiger partial charge in [-0.2, -0.15) is 0 Å². The van der Waals surface area contributed by atoms with Crippen LogP contribution in [0, 0.1) is 0 Å². The van der Waals surface area contributed by atoms with Crippen molar-refractivity contribution in [2.45, 2.75) is 26.7 Å². The summed E-state index contributed by atoms with van der Waals surface area (Å²) in [6.45, 7) is 5.63. The maximum atomic E-state index is 12.1. The molecule has 0 aliphatic heterocycles. The van der Waals surface area contributed by atoms with Crippen LogP contribution in [-0.2, 0) is 0 Å². The van der Waals surface area contributed by atoms with E-state index in [2.05, 4.69) is 13.8 Å². The molecule has 0 saturated heterocycles. The molecule has 1 heterocycles. The molecule has 0 N–H and O–H groups in total. The van der Waals surface area contributed by atoms with Crippen molar-refractivity contribution < 1.29 is 4.79 Å². The maximum Gasteiger partial charge on any atom is 0.256 e. The van der Waals surface area contributed by atoms with E-state index in [4.69, 9.17) is 23.2 Å². The van der Waals surface area contributed by atoms with Crippen LogP contribution in [0.1, 0.15) is 37.0 Å². The lowest BCUT2D eigenvalue weighted by Gasteiger charge is -2.20. The first kappa shape index (κ1) is 13.8. The number of hydrogen-bond donors (Lipinski definition) is 0. The summed E-state index contributed by atoms with van der Waals surface area (Å²) in [4.78, 5) is 14.0. The van der Waals surface area contributed by atoms with E-state index in [0.29, 0.717) is 14.2 Å². The van der Waals surface area contributed by atoms with Gasteiger partial charge in [0.15, 0.2) is 0 Å². The highest BCUT2D eigenvalue weighted by atomic mass is 35.5. The Bertz CT molecular complexity index is 359. The molecule has 2 nitrogen and oxygen atoms in total. The summed E-state index contributed by atoms with van der Waals surface area (Å²) in [5.74, 6) is -0.0168. The van der Waals surface area contributed by atoms with Crippen molar-refractivity contribution in [3.63, 3.8) is 0 Å². The van der Waals surface area contributed by atoms with E-state index in [1.54, 1.807) is 6.07 Å². The highest BCUT2D eigenvalue weighted by Gasteiger charge is 2.19. The molecule has 0 radical (unpaired) electrons. The minimum Gasteiger partial charge on any atom is -0.339 e. The van der Waals surface area contributed by atoms with Crippen molar-refractivity contribution in [1.82, 2.24) is 4.90 Å². The van der Waals surface area contributed by atoms with Crippen molar-refractivity contribution in [2.24, 2.45) is 0 Å². The van der Waals surface area contributed by atoms with Crippen molar-refractivity contribution >= 4 is 40.4 Å². The second kappa shape index (κ2) is 6.48. The molecule has 1 rings (SSSR count). The number of halogens is 2. The van der Waals surface area contributed by atoms with E-state index in [1.165, 1.54) is 11.3 Å². The van der Waals surface area contributed by atoms with Gasteiger partial charge in [0, 0.05) is 13.1 Å². The first-order valence-corrected chi connectivity index (χ1v) is 6.91. The van der Waals surface area contributed by atoms with Crippen LogP contribution >= 0.6 is 34.5 Å². The zero-order chi connectivity index (χ0) is 12.1. The molecule has 1 aromatic heterocycles. The lowest BCUT2D eigenvalue weighted by Crippen LogP contribution is -2.32. The molecule has 0 aromatic carbocycles. The van der Waals surface area contributed by atoms with Gasteiger partial charge in [-0.3, -0.25) is 4.79 Å². The molecular formula is C11H15Cl2NOS. The van der Waals surface area contributed by atoms with Crippen molar-refractivity contribution in [3.05, 3.63) is 20.3 Å². The molecule has 0 aliphatic carbocycles. The highest BCUT2D eigenvalue weighted by Crippen LogP contribution is 2.31. The molecule has 5 heteroatoms. The Hall–Kier alpha value is -0.250. The van der Waals surface area contributed by atoms with E-state index in [9.17, 15) is 4.79 Å². The molecule has 1 amide bonds. The number of carbonyl (C=O) groups is 1. The van der Waals surface area contributed by atoms with Gasteiger partial charge in [-0.25, -0.2) is 0 Å². The summed E-state index contributed by atoms with van der Waals surface area (Å²) < 4.78 is 1.04. The summed E-state index contributed by atoms with van der Waals surface area (Å²) in [5.41, 5.74) is 0.526. The predicted molar refractivity (Wildman–Crippen MR) is 70.8 cm³/mol. The lowest BCUT2D eigenvalue weighted by atomic mass is 10.2. The number of amides is 1. The number of carbonyl (C=O) groups excluding carboxylic acids is 1. The van der Waals surface area contributed by atoms with Gasteiger partial charge >= 0.3 is 0 Å². The largest absolute Gasteiger partial charge is 0.339 e. The van der Waals surface area contributed by atoms with Crippen LogP contribution in [0.4, 0.5) is 0 Å². The molecule has 16 heavy (non-hydrogen) atoms. The molecule has 0 atom stereocenters. The normalized spacial score (nSPS) is 10.5. The van der Waals surface area contributed by atoms with Gasteiger partial charge in [0.25, 0.3) is 5.91 Å². The summed E-state index contributed by atoms with van der Waals surface area (Å²) in [6, 6.07) is 1.65. The number of thiophene rings is 1. The number of nitrogens with zero attached hydrogens (tertiary/aromatic N) is 1. The van der Waals surface area contributed by atoms with Crippen LogP contribution in [0.2, 0.25) is 8.67 Å². The molecule has 0 unspecified atom stereocenters. The van der Waals surface area contributed by atoms with E-state index in [1.807, 2.05) is 4.90 Å². The Kier molecular flexibility index (Phi) is 5.59. The molecule has 0 aliphatic rings. The number of hydrogen-bond acceptors (Lipinski definition) is 2. The van der Waals surface area contributed by atoms with Gasteiger partial charge in [0.1, 0.15) is 4.34 Å². The first-order chi connectivity index (χ1) is 7.60. The molecular weight excluding hydrogens is 265 g/mol. The van der Waals surface area contributed by atoms with E-state index < -0.39 is 0 Å². The van der Waals surface area contributed by atoms with E-state index in [0.717, 1.165) is 25.9 Å². The van der Waals surface area contributed by atoms with Crippen LogP contribution < -0.4 is 0 Å². The minimum absolute atomic E-state index is 0.0168. The summed E-state index contributed by atoms with van der Waals surface area (Å²) >= 11 is 13.0. The number of rotatable bonds is 5. The topological polar surface area (TPSA) is 20.3 Å². The van der Waals surface area contributed by atoms with Gasteiger partial charge in [-0.1, -0.05) is 37.0 Å². The average molecular weight is 280 g/mol. The van der Waals surface area contributed by atoms with Crippen molar-refractivity contribution in [3.8, 4) is 0 Å². The Morgan fingerprint density at radius 1 is 1.31 bits per heavy atom. The van der Waals surface area contributed by atoms with E-state index in [-0.39, 0.29) is 5.91 Å². The fourth-order valence-electron chi connectivity index (χ4n) is 1.51. The molecule has 0 saturated carbocycles. The second-order valence-electron chi connectivity index (χ2n) is 3.53. The van der Waals surface area contributed by atoms with Gasteiger partial charge in [0.2, 0.25) is 0 Å². The zero-order valence-corrected chi connectivity index (χ0v) is 11.8. The van der Waals surface area contributed by atoms with Crippen LogP contribution in [0.15, 0.2) is 6.07 Å². The lowest BCUT2D eigenvalue weighted by molar-refractivity contribution is 0.0756. The summed E-state index contributed by atoms with van der Waals surface area (Å²) in [5, 5.41) is 0. The van der Waals surface area contributed by atoms with Crippen LogP contribution in [0.3, 0.4) is 0 Å². The zero-order valence-electron chi connectivity index (χ0n) is 9.43. The average Bonchev–Trinajstić information content (AvgIpc) is 2.56. The van der Waals surface area contributed by atoms with E-state index >= 15 is 0 Å². The molecule has 0 spiro atoms. The van der Waals surface area contributed by atoms with Crippen LogP contribution in [0.5, 0.6) is 0 Å². The fraction of sp³-hybridized carbons (Fsp3) is 0.545. The maximum absolute atomic E-state index is 12.1.